The first-order chi connectivity index (χ1) is 9.55. The molecule has 0 atom stereocenters. The second kappa shape index (κ2) is 5.74. The standard InChI is InChI=1S/C15H16N2O3/c1-10-5-14(18)17(15(19)6-10)9-11-3-4-12(8-16)13(7-11)20-2/h3-4,7,10H,5-6,9H2,1-2H3. The maximum atomic E-state index is 11.9. The van der Waals surface area contributed by atoms with Crippen LogP contribution in [0.3, 0.4) is 0 Å². The molecule has 0 aromatic heterocycles. The van der Waals surface area contributed by atoms with Gasteiger partial charge in [-0.3, -0.25) is 14.5 Å². The second-order valence-electron chi connectivity index (χ2n) is 5.03. The number of hydrogen-bond acceptors (Lipinski definition) is 4. The average Bonchev–Trinajstić information content (AvgIpc) is 2.42. The molecule has 0 bridgehead atoms. The van der Waals surface area contributed by atoms with Crippen molar-refractivity contribution in [3.05, 3.63) is 29.3 Å². The third-order valence-electron chi connectivity index (χ3n) is 3.38. The Morgan fingerprint density at radius 1 is 1.35 bits per heavy atom. The summed E-state index contributed by atoms with van der Waals surface area (Å²) in [6.45, 7) is 2.13. The van der Waals surface area contributed by atoms with Gasteiger partial charge in [0.05, 0.1) is 19.2 Å². The predicted molar refractivity (Wildman–Crippen MR) is 71.7 cm³/mol. The van der Waals surface area contributed by atoms with Gasteiger partial charge in [-0.05, 0) is 23.6 Å². The van der Waals surface area contributed by atoms with Gasteiger partial charge in [-0.25, -0.2) is 0 Å². The average molecular weight is 272 g/mol. The Hall–Kier alpha value is -2.35. The quantitative estimate of drug-likeness (QED) is 0.787. The molecular weight excluding hydrogens is 256 g/mol. The first kappa shape index (κ1) is 14.1. The number of amides is 2. The number of nitriles is 1. The molecule has 1 heterocycles. The van der Waals surface area contributed by atoms with E-state index >= 15 is 0 Å². The number of ether oxygens (including phenoxy) is 1. The molecule has 0 saturated carbocycles. The summed E-state index contributed by atoms with van der Waals surface area (Å²) in [5.41, 5.74) is 1.21. The largest absolute Gasteiger partial charge is 0.495 e. The van der Waals surface area contributed by atoms with Crippen LogP contribution >= 0.6 is 0 Å². The zero-order valence-electron chi connectivity index (χ0n) is 11.5. The van der Waals surface area contributed by atoms with Crippen molar-refractivity contribution < 1.29 is 14.3 Å². The first-order valence-corrected chi connectivity index (χ1v) is 6.45. The molecule has 1 aromatic rings. The van der Waals surface area contributed by atoms with Crippen molar-refractivity contribution in [2.45, 2.75) is 26.3 Å². The SMILES string of the molecule is COc1cc(CN2C(=O)CC(C)CC2=O)ccc1C#N. The number of imide groups is 1. The Morgan fingerprint density at radius 3 is 2.55 bits per heavy atom. The maximum absolute atomic E-state index is 11.9. The van der Waals surface area contributed by atoms with Gasteiger partial charge < -0.3 is 4.74 Å². The van der Waals surface area contributed by atoms with Crippen LogP contribution in [0, 0.1) is 17.2 Å². The van der Waals surface area contributed by atoms with Crippen LogP contribution in [0.4, 0.5) is 0 Å². The minimum Gasteiger partial charge on any atom is -0.495 e. The molecule has 1 saturated heterocycles. The van der Waals surface area contributed by atoms with Gasteiger partial charge in [0, 0.05) is 12.8 Å². The zero-order chi connectivity index (χ0) is 14.7. The molecule has 0 N–H and O–H groups in total. The molecule has 1 aliphatic heterocycles. The van der Waals surface area contributed by atoms with Crippen LogP contribution in [0.2, 0.25) is 0 Å². The highest BCUT2D eigenvalue weighted by Gasteiger charge is 2.30. The molecule has 5 nitrogen and oxygen atoms in total. The highest BCUT2D eigenvalue weighted by molar-refractivity contribution is 5.97. The molecular formula is C15H16N2O3. The summed E-state index contributed by atoms with van der Waals surface area (Å²) in [6, 6.07) is 7.09. The second-order valence-corrected chi connectivity index (χ2v) is 5.03. The molecule has 0 spiro atoms. The zero-order valence-corrected chi connectivity index (χ0v) is 11.5. The number of carbonyl (C=O) groups is 2. The molecule has 1 aliphatic rings. The van der Waals surface area contributed by atoms with Crippen LogP contribution in [-0.4, -0.2) is 23.8 Å². The number of benzene rings is 1. The molecule has 0 aliphatic carbocycles. The van der Waals surface area contributed by atoms with E-state index in [2.05, 4.69) is 0 Å². The van der Waals surface area contributed by atoms with Crippen molar-refractivity contribution >= 4 is 11.8 Å². The smallest absolute Gasteiger partial charge is 0.229 e. The van der Waals surface area contributed by atoms with Crippen LogP contribution in [0.15, 0.2) is 18.2 Å². The van der Waals surface area contributed by atoms with Crippen LogP contribution in [0.25, 0.3) is 0 Å². The summed E-state index contributed by atoms with van der Waals surface area (Å²) in [7, 11) is 1.48. The van der Waals surface area contributed by atoms with Crippen molar-refractivity contribution in [1.29, 1.82) is 5.26 Å². The summed E-state index contributed by atoms with van der Waals surface area (Å²) in [6.07, 6.45) is 0.804. The fourth-order valence-corrected chi connectivity index (χ4v) is 2.31. The van der Waals surface area contributed by atoms with E-state index in [-0.39, 0.29) is 24.3 Å². The lowest BCUT2D eigenvalue weighted by Gasteiger charge is -2.28. The van der Waals surface area contributed by atoms with E-state index in [4.69, 9.17) is 10.00 Å². The molecule has 1 aromatic carbocycles. The molecule has 2 rings (SSSR count). The Morgan fingerprint density at radius 2 is 2.00 bits per heavy atom. The van der Waals surface area contributed by atoms with E-state index in [9.17, 15) is 9.59 Å². The third-order valence-corrected chi connectivity index (χ3v) is 3.38. The summed E-state index contributed by atoms with van der Waals surface area (Å²) in [5.74, 6) is 0.283. The molecule has 0 radical (unpaired) electrons. The molecule has 20 heavy (non-hydrogen) atoms. The minimum absolute atomic E-state index is 0.113. The van der Waals surface area contributed by atoms with Crippen molar-refractivity contribution in [2.24, 2.45) is 5.92 Å². The number of methoxy groups -OCH3 is 1. The summed E-state index contributed by atoms with van der Waals surface area (Å²) in [5, 5.41) is 8.93. The van der Waals surface area contributed by atoms with Crippen LogP contribution in [0.1, 0.15) is 30.9 Å². The van der Waals surface area contributed by atoms with E-state index in [0.717, 1.165) is 5.56 Å². The van der Waals surface area contributed by atoms with Crippen LogP contribution in [0.5, 0.6) is 5.75 Å². The van der Waals surface area contributed by atoms with Gasteiger partial charge >= 0.3 is 0 Å². The summed E-state index contributed by atoms with van der Waals surface area (Å²) < 4.78 is 5.13. The van der Waals surface area contributed by atoms with Gasteiger partial charge in [0.2, 0.25) is 11.8 Å². The Bertz CT molecular complexity index is 571. The lowest BCUT2D eigenvalue weighted by molar-refractivity contribution is -0.150. The molecule has 2 amide bonds. The number of likely N-dealkylation sites (tertiary alicyclic amines) is 1. The molecule has 1 fully saturated rings. The van der Waals surface area contributed by atoms with Gasteiger partial charge in [-0.15, -0.1) is 0 Å². The van der Waals surface area contributed by atoms with E-state index in [1.165, 1.54) is 12.0 Å². The van der Waals surface area contributed by atoms with Crippen molar-refractivity contribution in [2.75, 3.05) is 7.11 Å². The van der Waals surface area contributed by atoms with Gasteiger partial charge in [-0.2, -0.15) is 5.26 Å². The number of rotatable bonds is 3. The fourth-order valence-electron chi connectivity index (χ4n) is 2.31. The lowest BCUT2D eigenvalue weighted by Crippen LogP contribution is -2.42. The minimum atomic E-state index is -0.142. The Balaban J connectivity index is 2.20. The highest BCUT2D eigenvalue weighted by atomic mass is 16.5. The third kappa shape index (κ3) is 2.80. The Labute approximate surface area is 117 Å². The number of hydrogen-bond donors (Lipinski definition) is 0. The molecule has 0 unspecified atom stereocenters. The normalized spacial score (nSPS) is 16.1. The highest BCUT2D eigenvalue weighted by Crippen LogP contribution is 2.24. The predicted octanol–water partition coefficient (Wildman–Crippen LogP) is 1.85. The monoisotopic (exact) mass is 272 g/mol. The fraction of sp³-hybridized carbons (Fsp3) is 0.400. The van der Waals surface area contributed by atoms with Gasteiger partial charge in [0.1, 0.15) is 11.8 Å². The molecule has 5 heteroatoms. The van der Waals surface area contributed by atoms with Crippen molar-refractivity contribution in [1.82, 2.24) is 4.90 Å². The van der Waals surface area contributed by atoms with Gasteiger partial charge in [0.15, 0.2) is 0 Å². The van der Waals surface area contributed by atoms with E-state index < -0.39 is 0 Å². The topological polar surface area (TPSA) is 70.4 Å². The van der Waals surface area contributed by atoms with E-state index in [0.29, 0.717) is 24.2 Å². The van der Waals surface area contributed by atoms with Crippen LogP contribution < -0.4 is 4.74 Å². The summed E-state index contributed by atoms with van der Waals surface area (Å²) >= 11 is 0. The van der Waals surface area contributed by atoms with Gasteiger partial charge in [-0.1, -0.05) is 13.0 Å². The van der Waals surface area contributed by atoms with E-state index in [1.54, 1.807) is 18.2 Å². The number of carbonyl (C=O) groups excluding carboxylic acids is 2. The number of piperidine rings is 1. The van der Waals surface area contributed by atoms with Crippen molar-refractivity contribution in [3.8, 4) is 11.8 Å². The van der Waals surface area contributed by atoms with E-state index in [1.807, 2.05) is 13.0 Å². The number of nitrogens with zero attached hydrogens (tertiary/aromatic N) is 2. The van der Waals surface area contributed by atoms with Gasteiger partial charge in [0.25, 0.3) is 0 Å². The Kier molecular flexibility index (Phi) is 4.04. The van der Waals surface area contributed by atoms with Crippen molar-refractivity contribution in [3.63, 3.8) is 0 Å². The van der Waals surface area contributed by atoms with Crippen LogP contribution in [-0.2, 0) is 16.1 Å². The first-order valence-electron chi connectivity index (χ1n) is 6.45. The maximum Gasteiger partial charge on any atom is 0.229 e. The lowest BCUT2D eigenvalue weighted by atomic mass is 9.97. The molecule has 104 valence electrons. The summed E-state index contributed by atoms with van der Waals surface area (Å²) in [4.78, 5) is 25.1.